The monoisotopic (exact) mass is 370 g/mol. The zero-order valence-corrected chi connectivity index (χ0v) is 16.7. The van der Waals surface area contributed by atoms with Crippen molar-refractivity contribution in [3.05, 3.63) is 108 Å². The first kappa shape index (κ1) is 16.6. The maximum absolute atomic E-state index is 2.46. The standard InChI is InChI=1S/C29H22/c1-29(2)27-15-9-8-14-22(27)26-17-24-23(19-10-4-3-5-11-19)16-20-12-6-7-13-21(20)25(24)18-28(26)29/h3-18H,1-2H3. The number of fused-ring (bicyclic) bond motifs is 6. The Bertz CT molecular complexity index is 1400. The van der Waals surface area contributed by atoms with Crippen molar-refractivity contribution < 1.29 is 0 Å². The second-order valence-electron chi connectivity index (χ2n) is 8.63. The topological polar surface area (TPSA) is 0 Å². The Balaban J connectivity index is 1.80. The Hall–Kier alpha value is -3.38. The predicted octanol–water partition coefficient (Wildman–Crippen LogP) is 7.97. The quantitative estimate of drug-likeness (QED) is 0.262. The molecule has 0 heteroatoms. The van der Waals surface area contributed by atoms with Crippen LogP contribution < -0.4 is 0 Å². The molecule has 0 fully saturated rings. The summed E-state index contributed by atoms with van der Waals surface area (Å²) in [6.45, 7) is 4.71. The lowest BCUT2D eigenvalue weighted by Crippen LogP contribution is -2.14. The fourth-order valence-corrected chi connectivity index (χ4v) is 5.15. The van der Waals surface area contributed by atoms with E-state index in [2.05, 4.69) is 111 Å². The van der Waals surface area contributed by atoms with E-state index in [-0.39, 0.29) is 5.41 Å². The van der Waals surface area contributed by atoms with Crippen LogP contribution in [0.5, 0.6) is 0 Å². The van der Waals surface area contributed by atoms with Crippen molar-refractivity contribution >= 4 is 21.5 Å². The van der Waals surface area contributed by atoms with Crippen LogP contribution in [0.25, 0.3) is 43.8 Å². The summed E-state index contributed by atoms with van der Waals surface area (Å²) in [7, 11) is 0. The van der Waals surface area contributed by atoms with Gasteiger partial charge in [0.2, 0.25) is 0 Å². The zero-order chi connectivity index (χ0) is 19.6. The second kappa shape index (κ2) is 5.81. The van der Waals surface area contributed by atoms with Gasteiger partial charge in [0.25, 0.3) is 0 Å². The highest BCUT2D eigenvalue weighted by molar-refractivity contribution is 6.15. The number of hydrogen-bond acceptors (Lipinski definition) is 0. The summed E-state index contributed by atoms with van der Waals surface area (Å²) in [4.78, 5) is 0. The molecular weight excluding hydrogens is 348 g/mol. The Morgan fingerprint density at radius 3 is 2.07 bits per heavy atom. The maximum Gasteiger partial charge on any atom is 0.0159 e. The molecule has 1 aliphatic rings. The molecule has 0 N–H and O–H groups in total. The molecule has 5 aromatic rings. The zero-order valence-electron chi connectivity index (χ0n) is 16.7. The van der Waals surface area contributed by atoms with Crippen molar-refractivity contribution in [2.24, 2.45) is 0 Å². The molecule has 138 valence electrons. The minimum Gasteiger partial charge on any atom is -0.0622 e. The molecular formula is C29H22. The van der Waals surface area contributed by atoms with Gasteiger partial charge in [-0.15, -0.1) is 0 Å². The summed E-state index contributed by atoms with van der Waals surface area (Å²) in [5, 5.41) is 5.31. The van der Waals surface area contributed by atoms with E-state index in [0.29, 0.717) is 0 Å². The van der Waals surface area contributed by atoms with E-state index in [1.165, 1.54) is 54.9 Å². The van der Waals surface area contributed by atoms with Gasteiger partial charge >= 0.3 is 0 Å². The van der Waals surface area contributed by atoms with Crippen LogP contribution in [0.2, 0.25) is 0 Å². The van der Waals surface area contributed by atoms with E-state index in [9.17, 15) is 0 Å². The Labute approximate surface area is 171 Å². The Morgan fingerprint density at radius 2 is 1.21 bits per heavy atom. The second-order valence-corrected chi connectivity index (χ2v) is 8.63. The molecule has 5 aromatic carbocycles. The third-order valence-corrected chi connectivity index (χ3v) is 6.65. The van der Waals surface area contributed by atoms with Crippen LogP contribution in [0.15, 0.2) is 97.1 Å². The van der Waals surface area contributed by atoms with Gasteiger partial charge in [0.15, 0.2) is 0 Å². The Morgan fingerprint density at radius 1 is 0.483 bits per heavy atom. The third kappa shape index (κ3) is 2.26. The van der Waals surface area contributed by atoms with Crippen LogP contribution in [0.3, 0.4) is 0 Å². The molecule has 0 atom stereocenters. The summed E-state index contributed by atoms with van der Waals surface area (Å²) in [5.74, 6) is 0. The highest BCUT2D eigenvalue weighted by Gasteiger charge is 2.35. The fraction of sp³-hybridized carbons (Fsp3) is 0.103. The fourth-order valence-electron chi connectivity index (χ4n) is 5.15. The molecule has 0 bridgehead atoms. The number of benzene rings is 5. The van der Waals surface area contributed by atoms with Gasteiger partial charge in [-0.25, -0.2) is 0 Å². The van der Waals surface area contributed by atoms with Gasteiger partial charge in [-0.3, -0.25) is 0 Å². The van der Waals surface area contributed by atoms with Crippen molar-refractivity contribution in [1.82, 2.24) is 0 Å². The molecule has 0 unspecified atom stereocenters. The first-order valence-corrected chi connectivity index (χ1v) is 10.3. The first-order valence-electron chi connectivity index (χ1n) is 10.3. The molecule has 0 amide bonds. The molecule has 0 spiro atoms. The lowest BCUT2D eigenvalue weighted by atomic mass is 9.81. The smallest absolute Gasteiger partial charge is 0.0159 e. The number of hydrogen-bond donors (Lipinski definition) is 0. The van der Waals surface area contributed by atoms with Gasteiger partial charge in [-0.1, -0.05) is 92.7 Å². The molecule has 0 nitrogen and oxygen atoms in total. The summed E-state index contributed by atoms with van der Waals surface area (Å²) < 4.78 is 0. The largest absolute Gasteiger partial charge is 0.0622 e. The van der Waals surface area contributed by atoms with Crippen molar-refractivity contribution in [1.29, 1.82) is 0 Å². The van der Waals surface area contributed by atoms with Crippen molar-refractivity contribution in [2.45, 2.75) is 19.3 Å². The average Bonchev–Trinajstić information content (AvgIpc) is 2.99. The molecule has 0 radical (unpaired) electrons. The average molecular weight is 370 g/mol. The van der Waals surface area contributed by atoms with E-state index in [4.69, 9.17) is 0 Å². The lowest BCUT2D eigenvalue weighted by molar-refractivity contribution is 0.661. The van der Waals surface area contributed by atoms with Crippen molar-refractivity contribution in [3.8, 4) is 22.3 Å². The summed E-state index contributed by atoms with van der Waals surface area (Å²) in [6.07, 6.45) is 0. The summed E-state index contributed by atoms with van der Waals surface area (Å²) >= 11 is 0. The Kier molecular flexibility index (Phi) is 3.32. The normalized spacial score (nSPS) is 14.1. The summed E-state index contributed by atoms with van der Waals surface area (Å²) in [5.41, 5.74) is 8.21. The maximum atomic E-state index is 2.46. The van der Waals surface area contributed by atoms with Crippen LogP contribution in [-0.2, 0) is 5.41 Å². The van der Waals surface area contributed by atoms with Crippen LogP contribution in [-0.4, -0.2) is 0 Å². The molecule has 0 saturated carbocycles. The van der Waals surface area contributed by atoms with Crippen molar-refractivity contribution in [3.63, 3.8) is 0 Å². The van der Waals surface area contributed by atoms with E-state index in [0.717, 1.165) is 0 Å². The number of rotatable bonds is 1. The van der Waals surface area contributed by atoms with Gasteiger partial charge in [0.05, 0.1) is 0 Å². The highest BCUT2D eigenvalue weighted by Crippen LogP contribution is 2.51. The molecule has 0 aromatic heterocycles. The van der Waals surface area contributed by atoms with Crippen molar-refractivity contribution in [2.75, 3.05) is 0 Å². The first-order chi connectivity index (χ1) is 14.1. The van der Waals surface area contributed by atoms with Crippen LogP contribution in [0, 0.1) is 0 Å². The molecule has 0 saturated heterocycles. The van der Waals surface area contributed by atoms with E-state index in [1.54, 1.807) is 0 Å². The van der Waals surface area contributed by atoms with Crippen LogP contribution in [0.1, 0.15) is 25.0 Å². The lowest BCUT2D eigenvalue weighted by Gasteiger charge is -2.22. The van der Waals surface area contributed by atoms with E-state index < -0.39 is 0 Å². The molecule has 6 rings (SSSR count). The van der Waals surface area contributed by atoms with Gasteiger partial charge in [0, 0.05) is 5.41 Å². The minimum absolute atomic E-state index is 0.0178. The van der Waals surface area contributed by atoms with E-state index >= 15 is 0 Å². The molecule has 1 aliphatic carbocycles. The minimum atomic E-state index is 0.0178. The van der Waals surface area contributed by atoms with Gasteiger partial charge in [0.1, 0.15) is 0 Å². The SMILES string of the molecule is CC1(C)c2ccccc2-c2cc3c(-c4ccccc4)cc4ccccc4c3cc21. The molecule has 29 heavy (non-hydrogen) atoms. The molecule has 0 heterocycles. The van der Waals surface area contributed by atoms with Gasteiger partial charge in [-0.05, 0) is 73.1 Å². The third-order valence-electron chi connectivity index (χ3n) is 6.65. The van der Waals surface area contributed by atoms with Crippen LogP contribution >= 0.6 is 0 Å². The summed E-state index contributed by atoms with van der Waals surface area (Å²) in [6, 6.07) is 35.7. The highest BCUT2D eigenvalue weighted by atomic mass is 14.4. The molecule has 0 aliphatic heterocycles. The predicted molar refractivity (Wildman–Crippen MR) is 124 cm³/mol. The van der Waals surface area contributed by atoms with Crippen LogP contribution in [0.4, 0.5) is 0 Å². The van der Waals surface area contributed by atoms with Gasteiger partial charge in [-0.2, -0.15) is 0 Å². The van der Waals surface area contributed by atoms with Gasteiger partial charge < -0.3 is 0 Å². The van der Waals surface area contributed by atoms with E-state index in [1.807, 2.05) is 0 Å².